The van der Waals surface area contributed by atoms with Crippen LogP contribution in [-0.2, 0) is 20.9 Å². The third kappa shape index (κ3) is 11.9. The second kappa shape index (κ2) is 16.1. The Morgan fingerprint density at radius 1 is 1.12 bits per heavy atom. The number of carbonyl (C=O) groups is 2. The van der Waals surface area contributed by atoms with Gasteiger partial charge in [-0.1, -0.05) is 76.3 Å². The number of nitrogens with one attached hydrogen (secondary N) is 1. The van der Waals surface area contributed by atoms with Gasteiger partial charge in [0, 0.05) is 18.5 Å². The maximum atomic E-state index is 12.8. The number of hydrogen-bond acceptors (Lipinski definition) is 5. The van der Waals surface area contributed by atoms with E-state index in [9.17, 15) is 14.7 Å². The molecule has 1 aliphatic rings. The third-order valence-corrected chi connectivity index (χ3v) is 6.35. The Morgan fingerprint density at radius 2 is 1.79 bits per heavy atom. The molecule has 0 bridgehead atoms. The number of rotatable bonds is 13. The van der Waals surface area contributed by atoms with Crippen molar-refractivity contribution in [1.82, 2.24) is 5.32 Å². The fourth-order valence-electron chi connectivity index (χ4n) is 4.55. The van der Waals surface area contributed by atoms with Gasteiger partial charge in [0.25, 0.3) is 0 Å². The number of benzene rings is 1. The predicted octanol–water partition coefficient (Wildman–Crippen LogP) is 4.37. The molecule has 3 atom stereocenters. The van der Waals surface area contributed by atoms with E-state index in [2.05, 4.69) is 19.2 Å². The van der Waals surface area contributed by atoms with Crippen molar-refractivity contribution in [2.45, 2.75) is 90.4 Å². The van der Waals surface area contributed by atoms with Crippen molar-refractivity contribution >= 4 is 24.3 Å². The van der Waals surface area contributed by atoms with Crippen LogP contribution in [0, 0.1) is 17.8 Å². The van der Waals surface area contributed by atoms with Crippen LogP contribution in [0.1, 0.15) is 77.2 Å². The van der Waals surface area contributed by atoms with E-state index in [1.807, 2.05) is 30.3 Å². The zero-order valence-corrected chi connectivity index (χ0v) is 21.0. The molecule has 0 spiro atoms. The van der Waals surface area contributed by atoms with E-state index in [1.165, 1.54) is 32.1 Å². The number of amides is 1. The maximum Gasteiger partial charge on any atom is 0.307 e. The molecule has 4 N–H and O–H groups in total. The molecule has 1 aliphatic carbocycles. The number of esters is 1. The van der Waals surface area contributed by atoms with Gasteiger partial charge in [0.05, 0.1) is 12.5 Å². The molecule has 1 aromatic rings. The summed E-state index contributed by atoms with van der Waals surface area (Å²) >= 11 is 0. The zero-order valence-electron chi connectivity index (χ0n) is 20.2. The van der Waals surface area contributed by atoms with E-state index in [4.69, 9.17) is 10.5 Å². The molecule has 2 rings (SSSR count). The molecule has 33 heavy (non-hydrogen) atoms. The lowest BCUT2D eigenvalue weighted by Gasteiger charge is -2.29. The lowest BCUT2D eigenvalue weighted by atomic mass is 9.82. The molecule has 1 saturated carbocycles. The molecule has 0 heterocycles. The van der Waals surface area contributed by atoms with Crippen molar-refractivity contribution in [3.05, 3.63) is 35.9 Å². The zero-order chi connectivity index (χ0) is 23.3. The van der Waals surface area contributed by atoms with E-state index in [-0.39, 0.29) is 55.8 Å². The lowest BCUT2D eigenvalue weighted by Crippen LogP contribution is -2.41. The molecular formula is C26H43ClN2O4. The summed E-state index contributed by atoms with van der Waals surface area (Å²) in [4.78, 5) is 24.7. The van der Waals surface area contributed by atoms with Gasteiger partial charge in [0.2, 0.25) is 5.91 Å². The summed E-state index contributed by atoms with van der Waals surface area (Å²) in [5.74, 6) is 0.126. The van der Waals surface area contributed by atoms with Crippen LogP contribution in [0.3, 0.4) is 0 Å². The first-order chi connectivity index (χ1) is 15.3. The monoisotopic (exact) mass is 482 g/mol. The van der Waals surface area contributed by atoms with Gasteiger partial charge in [-0.3, -0.25) is 9.59 Å². The number of ether oxygens (including phenoxy) is 1. The molecule has 1 aromatic carbocycles. The summed E-state index contributed by atoms with van der Waals surface area (Å²) in [6.07, 6.45) is 7.47. The number of aliphatic hydroxyl groups excluding tert-OH is 1. The van der Waals surface area contributed by atoms with E-state index < -0.39 is 6.10 Å². The van der Waals surface area contributed by atoms with Gasteiger partial charge in [0.15, 0.2) is 0 Å². The van der Waals surface area contributed by atoms with E-state index in [1.54, 1.807) is 0 Å². The molecule has 7 heteroatoms. The van der Waals surface area contributed by atoms with Crippen LogP contribution in [-0.4, -0.2) is 35.7 Å². The molecule has 0 aliphatic heterocycles. The quantitative estimate of drug-likeness (QED) is 0.362. The Balaban J connectivity index is 0.00000544. The summed E-state index contributed by atoms with van der Waals surface area (Å²) in [5, 5.41) is 13.5. The van der Waals surface area contributed by atoms with Gasteiger partial charge in [-0.25, -0.2) is 0 Å². The molecule has 1 fully saturated rings. The predicted molar refractivity (Wildman–Crippen MR) is 134 cm³/mol. The van der Waals surface area contributed by atoms with Crippen molar-refractivity contribution in [3.8, 4) is 0 Å². The highest BCUT2D eigenvalue weighted by molar-refractivity contribution is 5.85. The smallest absolute Gasteiger partial charge is 0.307 e. The summed E-state index contributed by atoms with van der Waals surface area (Å²) in [7, 11) is 0. The Morgan fingerprint density at radius 3 is 2.42 bits per heavy atom. The Bertz CT molecular complexity index is 680. The van der Waals surface area contributed by atoms with Crippen LogP contribution in [0.15, 0.2) is 30.3 Å². The molecular weight excluding hydrogens is 440 g/mol. The first-order valence-electron chi connectivity index (χ1n) is 12.3. The van der Waals surface area contributed by atoms with E-state index >= 15 is 0 Å². The minimum atomic E-state index is -0.692. The van der Waals surface area contributed by atoms with Gasteiger partial charge in [-0.15, -0.1) is 12.4 Å². The fraction of sp³-hybridized carbons (Fsp3) is 0.692. The number of aliphatic hydroxyl groups is 1. The van der Waals surface area contributed by atoms with Crippen molar-refractivity contribution < 1.29 is 19.4 Å². The van der Waals surface area contributed by atoms with Crippen molar-refractivity contribution in [2.75, 3.05) is 6.54 Å². The first kappa shape index (κ1) is 29.4. The molecule has 0 radical (unpaired) electrons. The largest absolute Gasteiger partial charge is 0.461 e. The van der Waals surface area contributed by atoms with Crippen molar-refractivity contribution in [2.24, 2.45) is 23.5 Å². The highest BCUT2D eigenvalue weighted by atomic mass is 35.5. The third-order valence-electron chi connectivity index (χ3n) is 6.35. The van der Waals surface area contributed by atoms with E-state index in [0.717, 1.165) is 12.0 Å². The van der Waals surface area contributed by atoms with Gasteiger partial charge in [-0.2, -0.15) is 0 Å². The van der Waals surface area contributed by atoms with Crippen LogP contribution in [0.2, 0.25) is 0 Å². The second-order valence-electron chi connectivity index (χ2n) is 9.72. The molecule has 0 aromatic heterocycles. The summed E-state index contributed by atoms with van der Waals surface area (Å²) in [5.41, 5.74) is 7.24. The van der Waals surface area contributed by atoms with Gasteiger partial charge in [0.1, 0.15) is 6.61 Å². The summed E-state index contributed by atoms with van der Waals surface area (Å²) in [6.45, 7) is 4.59. The first-order valence-corrected chi connectivity index (χ1v) is 12.3. The fourth-order valence-corrected chi connectivity index (χ4v) is 4.55. The standard InChI is InChI=1S/C26H42N2O4.ClH/c1-19(2)15-22(17-24(29)23(27)16-20-9-5-3-6-10-20)26(31)28-14-13-25(30)32-18-21-11-7-4-8-12-21;/h4,7-8,11-12,19-20,22-24,29H,3,5-6,9-10,13-18,27H2,1-2H3,(H,28,31);1H. The molecule has 188 valence electrons. The number of carbonyl (C=O) groups excluding carboxylic acids is 2. The normalized spacial score (nSPS) is 17.0. The van der Waals surface area contributed by atoms with Crippen LogP contribution in [0.5, 0.6) is 0 Å². The van der Waals surface area contributed by atoms with E-state index in [0.29, 0.717) is 24.7 Å². The SMILES string of the molecule is CC(C)CC(CC(O)C(N)CC1CCCCC1)C(=O)NCCC(=O)OCc1ccccc1.Cl. The van der Waals surface area contributed by atoms with Gasteiger partial charge >= 0.3 is 5.97 Å². The van der Waals surface area contributed by atoms with Crippen LogP contribution < -0.4 is 11.1 Å². The minimum absolute atomic E-state index is 0. The number of nitrogens with two attached hydrogens (primary N) is 1. The highest BCUT2D eigenvalue weighted by Crippen LogP contribution is 2.28. The average molecular weight is 483 g/mol. The maximum absolute atomic E-state index is 12.8. The summed E-state index contributed by atoms with van der Waals surface area (Å²) in [6, 6.07) is 9.20. The Hall–Kier alpha value is -1.63. The van der Waals surface area contributed by atoms with Crippen LogP contribution in [0.25, 0.3) is 0 Å². The van der Waals surface area contributed by atoms with Crippen molar-refractivity contribution in [1.29, 1.82) is 0 Å². The second-order valence-corrected chi connectivity index (χ2v) is 9.72. The Labute approximate surface area is 205 Å². The van der Waals surface area contributed by atoms with Crippen LogP contribution in [0.4, 0.5) is 0 Å². The molecule has 6 nitrogen and oxygen atoms in total. The minimum Gasteiger partial charge on any atom is -0.461 e. The molecule has 0 saturated heterocycles. The van der Waals surface area contributed by atoms with Gasteiger partial charge in [-0.05, 0) is 36.7 Å². The highest BCUT2D eigenvalue weighted by Gasteiger charge is 2.28. The molecule has 1 amide bonds. The Kier molecular flexibility index (Phi) is 14.3. The average Bonchev–Trinajstić information content (AvgIpc) is 2.78. The van der Waals surface area contributed by atoms with Gasteiger partial charge < -0.3 is 20.9 Å². The molecule has 3 unspecified atom stereocenters. The lowest BCUT2D eigenvalue weighted by molar-refractivity contribution is -0.144. The topological polar surface area (TPSA) is 102 Å². The van der Waals surface area contributed by atoms with Crippen molar-refractivity contribution in [3.63, 3.8) is 0 Å². The van der Waals surface area contributed by atoms with Crippen LogP contribution >= 0.6 is 12.4 Å². The number of halogens is 1. The summed E-state index contributed by atoms with van der Waals surface area (Å²) < 4.78 is 5.26. The number of hydrogen-bond donors (Lipinski definition) is 3.